The van der Waals surface area contributed by atoms with Crippen molar-refractivity contribution >= 4 is 11.6 Å². The SMILES string of the molecule is CC(=O)CCC(C)=O.[Zn]. The molecule has 0 saturated carbocycles. The van der Waals surface area contributed by atoms with Crippen LogP contribution in [0.15, 0.2) is 0 Å². The molecule has 0 atom stereocenters. The molecule has 3 heteroatoms. The minimum atomic E-state index is 0. The van der Waals surface area contributed by atoms with Gasteiger partial charge in [-0.1, -0.05) is 0 Å². The molecule has 0 aromatic rings. The predicted octanol–water partition coefficient (Wildman–Crippen LogP) is 0.942. The first-order chi connectivity index (χ1) is 3.63. The summed E-state index contributed by atoms with van der Waals surface area (Å²) in [5, 5.41) is 0. The van der Waals surface area contributed by atoms with Crippen LogP contribution in [0, 0.1) is 0 Å². The van der Waals surface area contributed by atoms with Crippen LogP contribution in [-0.4, -0.2) is 11.6 Å². The molecule has 0 bridgehead atoms. The Morgan fingerprint density at radius 1 is 1.00 bits per heavy atom. The predicted molar refractivity (Wildman–Crippen MR) is 30.6 cm³/mol. The Morgan fingerprint density at radius 2 is 1.22 bits per heavy atom. The smallest absolute Gasteiger partial charge is 0.130 e. The van der Waals surface area contributed by atoms with Crippen LogP contribution < -0.4 is 0 Å². The van der Waals surface area contributed by atoms with Gasteiger partial charge in [-0.3, -0.25) is 0 Å². The average Bonchev–Trinajstić information content (AvgIpc) is 1.61. The van der Waals surface area contributed by atoms with Crippen molar-refractivity contribution in [2.45, 2.75) is 26.7 Å². The molecule has 0 rings (SSSR count). The third-order valence-electron chi connectivity index (χ3n) is 0.829. The van der Waals surface area contributed by atoms with Gasteiger partial charge in [0.15, 0.2) is 0 Å². The summed E-state index contributed by atoms with van der Waals surface area (Å²) in [5.41, 5.74) is 0. The van der Waals surface area contributed by atoms with Gasteiger partial charge in [0.25, 0.3) is 0 Å². The zero-order valence-corrected chi connectivity index (χ0v) is 8.90. The minimum Gasteiger partial charge on any atom is -0.300 e. The van der Waals surface area contributed by atoms with Crippen molar-refractivity contribution in [1.82, 2.24) is 0 Å². The summed E-state index contributed by atoms with van der Waals surface area (Å²) in [6, 6.07) is 0. The van der Waals surface area contributed by atoms with Crippen LogP contribution >= 0.6 is 0 Å². The number of ketones is 2. The van der Waals surface area contributed by atoms with E-state index in [-0.39, 0.29) is 31.0 Å². The van der Waals surface area contributed by atoms with Gasteiger partial charge in [0.05, 0.1) is 0 Å². The van der Waals surface area contributed by atoms with Gasteiger partial charge in [0, 0.05) is 32.3 Å². The van der Waals surface area contributed by atoms with Gasteiger partial charge in [-0.15, -0.1) is 0 Å². The number of carbonyl (C=O) groups excluding carboxylic acids is 2. The number of hydrogen-bond donors (Lipinski definition) is 0. The van der Waals surface area contributed by atoms with Gasteiger partial charge in [-0.05, 0) is 13.8 Å². The maximum atomic E-state index is 10.2. The van der Waals surface area contributed by atoms with Crippen molar-refractivity contribution in [2.24, 2.45) is 0 Å². The summed E-state index contributed by atoms with van der Waals surface area (Å²) < 4.78 is 0. The summed E-state index contributed by atoms with van der Waals surface area (Å²) in [6.07, 6.45) is 0.796. The number of hydrogen-bond acceptors (Lipinski definition) is 2. The van der Waals surface area contributed by atoms with E-state index in [1.165, 1.54) is 13.8 Å². The zero-order chi connectivity index (χ0) is 6.57. The third-order valence-corrected chi connectivity index (χ3v) is 0.829. The largest absolute Gasteiger partial charge is 0.300 e. The van der Waals surface area contributed by atoms with Crippen LogP contribution in [0.25, 0.3) is 0 Å². The summed E-state index contributed by atoms with van der Waals surface area (Å²) >= 11 is 0. The van der Waals surface area contributed by atoms with Crippen LogP contribution in [0.4, 0.5) is 0 Å². The maximum Gasteiger partial charge on any atom is 0.130 e. The Balaban J connectivity index is 0. The average molecular weight is 180 g/mol. The number of rotatable bonds is 3. The third kappa shape index (κ3) is 11.5. The van der Waals surface area contributed by atoms with Crippen molar-refractivity contribution in [3.63, 3.8) is 0 Å². The first-order valence-electron chi connectivity index (χ1n) is 2.62. The summed E-state index contributed by atoms with van der Waals surface area (Å²) in [6.45, 7) is 2.98. The van der Waals surface area contributed by atoms with Gasteiger partial charge in [0.1, 0.15) is 11.6 Å². The fourth-order valence-corrected chi connectivity index (χ4v) is 0.352. The van der Waals surface area contributed by atoms with E-state index in [9.17, 15) is 9.59 Å². The topological polar surface area (TPSA) is 34.1 Å². The van der Waals surface area contributed by atoms with E-state index in [4.69, 9.17) is 0 Å². The van der Waals surface area contributed by atoms with Crippen molar-refractivity contribution in [3.8, 4) is 0 Å². The second-order valence-corrected chi connectivity index (χ2v) is 1.90. The normalized spacial score (nSPS) is 7.78. The van der Waals surface area contributed by atoms with Crippen molar-refractivity contribution < 1.29 is 29.1 Å². The van der Waals surface area contributed by atoms with E-state index in [2.05, 4.69) is 0 Å². The summed E-state index contributed by atoms with van der Waals surface area (Å²) in [4.78, 5) is 20.4. The molecule has 2 nitrogen and oxygen atoms in total. The van der Waals surface area contributed by atoms with E-state index >= 15 is 0 Å². The van der Waals surface area contributed by atoms with Crippen LogP contribution in [0.1, 0.15) is 26.7 Å². The summed E-state index contributed by atoms with van der Waals surface area (Å²) in [5.74, 6) is 0.167. The Bertz CT molecular complexity index is 95.6. The van der Waals surface area contributed by atoms with E-state index < -0.39 is 0 Å². The Hall–Kier alpha value is -0.0366. The van der Waals surface area contributed by atoms with Crippen LogP contribution in [0.5, 0.6) is 0 Å². The van der Waals surface area contributed by atoms with Gasteiger partial charge < -0.3 is 9.59 Å². The second kappa shape index (κ2) is 6.09. The molecule has 0 radical (unpaired) electrons. The van der Waals surface area contributed by atoms with Crippen molar-refractivity contribution in [1.29, 1.82) is 0 Å². The Labute approximate surface area is 67.8 Å². The first-order valence-corrected chi connectivity index (χ1v) is 2.62. The molecule has 0 aromatic heterocycles. The molecule has 0 N–H and O–H groups in total. The molecule has 0 unspecified atom stereocenters. The second-order valence-electron chi connectivity index (χ2n) is 1.90. The van der Waals surface area contributed by atoms with E-state index in [1.54, 1.807) is 0 Å². The molecule has 0 amide bonds. The van der Waals surface area contributed by atoms with Crippen LogP contribution in [-0.2, 0) is 29.1 Å². The van der Waals surface area contributed by atoms with Crippen LogP contribution in [0.3, 0.4) is 0 Å². The number of carbonyl (C=O) groups is 2. The van der Waals surface area contributed by atoms with Crippen LogP contribution in [0.2, 0.25) is 0 Å². The van der Waals surface area contributed by atoms with Crippen molar-refractivity contribution in [2.75, 3.05) is 0 Å². The minimum absolute atomic E-state index is 0. The van der Waals surface area contributed by atoms with Gasteiger partial charge in [0.2, 0.25) is 0 Å². The molecule has 0 fully saturated rings. The standard InChI is InChI=1S/C6H10O2.Zn/c1-5(7)3-4-6(2)8;/h3-4H2,1-2H3;. The first kappa shape index (κ1) is 11.7. The molecule has 48 valence electrons. The Morgan fingerprint density at radius 3 is 1.33 bits per heavy atom. The Kier molecular flexibility index (Phi) is 7.93. The summed E-state index contributed by atoms with van der Waals surface area (Å²) in [7, 11) is 0. The number of Topliss-reactive ketones (excluding diaryl/α,β-unsaturated/α-hetero) is 2. The molecular weight excluding hydrogens is 169 g/mol. The quantitative estimate of drug-likeness (QED) is 0.605. The van der Waals surface area contributed by atoms with E-state index in [0.29, 0.717) is 12.8 Å². The van der Waals surface area contributed by atoms with Gasteiger partial charge in [-0.2, -0.15) is 0 Å². The fraction of sp³-hybridized carbons (Fsp3) is 0.667. The van der Waals surface area contributed by atoms with E-state index in [0.717, 1.165) is 0 Å². The van der Waals surface area contributed by atoms with E-state index in [1.807, 2.05) is 0 Å². The molecule has 0 aliphatic rings. The maximum absolute atomic E-state index is 10.2. The van der Waals surface area contributed by atoms with Crippen molar-refractivity contribution in [3.05, 3.63) is 0 Å². The van der Waals surface area contributed by atoms with Gasteiger partial charge >= 0.3 is 0 Å². The fourth-order valence-electron chi connectivity index (χ4n) is 0.352. The molecule has 0 aliphatic carbocycles. The molecule has 0 heterocycles. The monoisotopic (exact) mass is 178 g/mol. The molecule has 0 saturated heterocycles. The molecule has 9 heavy (non-hydrogen) atoms. The van der Waals surface area contributed by atoms with Gasteiger partial charge in [-0.25, -0.2) is 0 Å². The molecular formula is C6H10O2Zn. The molecule has 0 spiro atoms. The zero-order valence-electron chi connectivity index (χ0n) is 5.94. The molecule has 0 aromatic carbocycles. The molecule has 0 aliphatic heterocycles.